The van der Waals surface area contributed by atoms with Crippen molar-refractivity contribution >= 4 is 21.6 Å². The van der Waals surface area contributed by atoms with Crippen molar-refractivity contribution in [2.45, 2.75) is 26.7 Å². The first-order valence-corrected chi connectivity index (χ1v) is 11.2. The van der Waals surface area contributed by atoms with E-state index < -0.39 is 10.0 Å². The topological polar surface area (TPSA) is 75.7 Å². The molecule has 1 N–H and O–H groups in total. The number of hydrogen-bond donors (Lipinski definition) is 1. The zero-order valence-corrected chi connectivity index (χ0v) is 17.8. The van der Waals surface area contributed by atoms with E-state index in [1.165, 1.54) is 28.6 Å². The van der Waals surface area contributed by atoms with Gasteiger partial charge in [0.05, 0.1) is 18.5 Å². The highest BCUT2D eigenvalue weighted by molar-refractivity contribution is 7.92. The quantitative estimate of drug-likeness (QED) is 0.597. The second-order valence-electron chi connectivity index (χ2n) is 6.86. The summed E-state index contributed by atoms with van der Waals surface area (Å²) in [5.41, 5.74) is 2.70. The van der Waals surface area contributed by atoms with Crippen LogP contribution in [0.15, 0.2) is 42.5 Å². The molecule has 2 aromatic rings. The van der Waals surface area contributed by atoms with Gasteiger partial charge in [0.25, 0.3) is 0 Å². The second-order valence-corrected chi connectivity index (χ2v) is 8.77. The molecule has 0 heterocycles. The van der Waals surface area contributed by atoms with E-state index in [-0.39, 0.29) is 31.3 Å². The van der Waals surface area contributed by atoms with Gasteiger partial charge >= 0.3 is 0 Å². The van der Waals surface area contributed by atoms with Gasteiger partial charge in [-0.05, 0) is 67.8 Å². The lowest BCUT2D eigenvalue weighted by molar-refractivity contribution is -0.121. The van der Waals surface area contributed by atoms with Crippen LogP contribution < -0.4 is 14.4 Å². The number of carbonyl (C=O) groups is 1. The van der Waals surface area contributed by atoms with Gasteiger partial charge in [-0.25, -0.2) is 12.8 Å². The maximum absolute atomic E-state index is 12.8. The zero-order chi connectivity index (χ0) is 21.4. The maximum Gasteiger partial charge on any atom is 0.232 e. The highest BCUT2D eigenvalue weighted by Crippen LogP contribution is 2.21. The first kappa shape index (κ1) is 22.7. The van der Waals surface area contributed by atoms with E-state index in [2.05, 4.69) is 5.32 Å². The lowest BCUT2D eigenvalue weighted by atomic mass is 10.1. The summed E-state index contributed by atoms with van der Waals surface area (Å²) in [6.07, 6.45) is 1.76. The van der Waals surface area contributed by atoms with Crippen molar-refractivity contribution in [1.82, 2.24) is 5.32 Å². The Balaban J connectivity index is 1.77. The normalized spacial score (nSPS) is 11.2. The molecule has 29 heavy (non-hydrogen) atoms. The number of benzene rings is 2. The number of anilines is 1. The highest BCUT2D eigenvalue weighted by Gasteiger charge is 2.18. The molecule has 158 valence electrons. The van der Waals surface area contributed by atoms with Crippen LogP contribution in [0.4, 0.5) is 10.1 Å². The van der Waals surface area contributed by atoms with Crippen LogP contribution >= 0.6 is 0 Å². The lowest BCUT2D eigenvalue weighted by Crippen LogP contribution is -2.33. The molecule has 0 aromatic heterocycles. The van der Waals surface area contributed by atoms with Crippen LogP contribution in [0.3, 0.4) is 0 Å². The molecule has 0 spiro atoms. The van der Waals surface area contributed by atoms with E-state index in [1.54, 1.807) is 6.07 Å². The summed E-state index contributed by atoms with van der Waals surface area (Å²) in [5, 5.41) is 2.73. The third-order valence-electron chi connectivity index (χ3n) is 4.45. The predicted molar refractivity (Wildman–Crippen MR) is 112 cm³/mol. The van der Waals surface area contributed by atoms with Crippen LogP contribution in [0.25, 0.3) is 0 Å². The van der Waals surface area contributed by atoms with Gasteiger partial charge in [-0.2, -0.15) is 0 Å². The molecule has 0 saturated carbocycles. The van der Waals surface area contributed by atoms with Crippen molar-refractivity contribution in [2.75, 3.05) is 30.3 Å². The number of sulfonamides is 1. The molecule has 2 aromatic carbocycles. The summed E-state index contributed by atoms with van der Waals surface area (Å²) < 4.78 is 43.9. The van der Waals surface area contributed by atoms with Gasteiger partial charge in [0.15, 0.2) is 0 Å². The van der Waals surface area contributed by atoms with Crippen molar-refractivity contribution in [1.29, 1.82) is 0 Å². The first-order chi connectivity index (χ1) is 13.7. The van der Waals surface area contributed by atoms with Gasteiger partial charge < -0.3 is 10.1 Å². The Morgan fingerprint density at radius 1 is 1.10 bits per heavy atom. The van der Waals surface area contributed by atoms with Crippen molar-refractivity contribution in [2.24, 2.45) is 0 Å². The molecule has 6 nitrogen and oxygen atoms in total. The SMILES string of the molecule is Cc1ccc(N(CCCC(=O)NCCOc2ccc(F)cc2)S(C)(=O)=O)cc1C. The third kappa shape index (κ3) is 7.38. The molecule has 0 atom stereocenters. The van der Waals surface area contributed by atoms with Crippen molar-refractivity contribution in [3.63, 3.8) is 0 Å². The van der Waals surface area contributed by atoms with E-state index in [0.29, 0.717) is 24.4 Å². The van der Waals surface area contributed by atoms with Crippen LogP contribution in [0.1, 0.15) is 24.0 Å². The molecule has 0 aliphatic carbocycles. The van der Waals surface area contributed by atoms with Gasteiger partial charge in [-0.15, -0.1) is 0 Å². The number of halogens is 1. The fourth-order valence-electron chi connectivity index (χ4n) is 2.73. The van der Waals surface area contributed by atoms with Gasteiger partial charge in [-0.3, -0.25) is 9.10 Å². The Labute approximate surface area is 171 Å². The van der Waals surface area contributed by atoms with Gasteiger partial charge in [0.1, 0.15) is 18.2 Å². The molecule has 0 aliphatic heterocycles. The minimum atomic E-state index is -3.45. The van der Waals surface area contributed by atoms with E-state index in [0.717, 1.165) is 17.4 Å². The molecule has 0 fully saturated rings. The Bertz CT molecular complexity index is 930. The summed E-state index contributed by atoms with van der Waals surface area (Å²) in [6.45, 7) is 4.69. The molecule has 0 radical (unpaired) electrons. The van der Waals surface area contributed by atoms with E-state index in [9.17, 15) is 17.6 Å². The van der Waals surface area contributed by atoms with Crippen molar-refractivity contribution in [3.8, 4) is 5.75 Å². The van der Waals surface area contributed by atoms with Crippen LogP contribution in [0.2, 0.25) is 0 Å². The number of hydrogen-bond acceptors (Lipinski definition) is 4. The number of carbonyl (C=O) groups excluding carboxylic acids is 1. The summed E-state index contributed by atoms with van der Waals surface area (Å²) in [6, 6.07) is 11.1. The van der Waals surface area contributed by atoms with Crippen LogP contribution in [0.5, 0.6) is 5.75 Å². The molecule has 0 saturated heterocycles. The fraction of sp³-hybridized carbons (Fsp3) is 0.381. The minimum Gasteiger partial charge on any atom is -0.492 e. The molecule has 0 unspecified atom stereocenters. The average Bonchev–Trinajstić information content (AvgIpc) is 2.65. The molecular weight excluding hydrogens is 395 g/mol. The Morgan fingerprint density at radius 3 is 2.41 bits per heavy atom. The number of nitrogens with zero attached hydrogens (tertiary/aromatic N) is 1. The number of rotatable bonds is 10. The first-order valence-electron chi connectivity index (χ1n) is 9.37. The average molecular weight is 423 g/mol. The van der Waals surface area contributed by atoms with Crippen LogP contribution in [-0.4, -0.2) is 40.3 Å². The summed E-state index contributed by atoms with van der Waals surface area (Å²) in [5.74, 6) is 0.00802. The van der Waals surface area contributed by atoms with Crippen molar-refractivity contribution < 1.29 is 22.3 Å². The maximum atomic E-state index is 12.8. The number of nitrogens with one attached hydrogen (secondary N) is 1. The second kappa shape index (κ2) is 10.2. The summed E-state index contributed by atoms with van der Waals surface area (Å²) in [4.78, 5) is 12.0. The molecular formula is C21H27FN2O4S. The number of aryl methyl sites for hydroxylation is 2. The standard InChI is InChI=1S/C21H27FN2O4S/c1-16-6-9-19(15-17(16)2)24(29(3,26)27)13-4-5-21(25)23-12-14-28-20-10-7-18(22)8-11-20/h6-11,15H,4-5,12-14H2,1-3H3,(H,23,25). The van der Waals surface area contributed by atoms with Gasteiger partial charge in [0, 0.05) is 13.0 Å². The summed E-state index contributed by atoms with van der Waals surface area (Å²) in [7, 11) is -3.45. The van der Waals surface area contributed by atoms with E-state index in [1.807, 2.05) is 26.0 Å². The lowest BCUT2D eigenvalue weighted by Gasteiger charge is -2.23. The Hall–Kier alpha value is -2.61. The molecule has 0 bridgehead atoms. The molecule has 2 rings (SSSR count). The summed E-state index contributed by atoms with van der Waals surface area (Å²) >= 11 is 0. The molecule has 8 heteroatoms. The largest absolute Gasteiger partial charge is 0.492 e. The number of amides is 1. The van der Waals surface area contributed by atoms with Crippen molar-refractivity contribution in [3.05, 3.63) is 59.4 Å². The highest BCUT2D eigenvalue weighted by atomic mass is 32.2. The Kier molecular flexibility index (Phi) is 8.01. The smallest absolute Gasteiger partial charge is 0.232 e. The van der Waals surface area contributed by atoms with Crippen LogP contribution in [0, 0.1) is 19.7 Å². The number of ether oxygens (including phenoxy) is 1. The zero-order valence-electron chi connectivity index (χ0n) is 16.9. The van der Waals surface area contributed by atoms with Crippen LogP contribution in [-0.2, 0) is 14.8 Å². The molecule has 1 amide bonds. The minimum absolute atomic E-state index is 0.179. The Morgan fingerprint density at radius 2 is 1.79 bits per heavy atom. The predicted octanol–water partition coefficient (Wildman–Crippen LogP) is 3.18. The molecule has 0 aliphatic rings. The van der Waals surface area contributed by atoms with E-state index in [4.69, 9.17) is 4.74 Å². The van der Waals surface area contributed by atoms with Gasteiger partial charge in [-0.1, -0.05) is 6.07 Å². The fourth-order valence-corrected chi connectivity index (χ4v) is 3.69. The monoisotopic (exact) mass is 422 g/mol. The van der Waals surface area contributed by atoms with E-state index >= 15 is 0 Å². The third-order valence-corrected chi connectivity index (χ3v) is 5.64. The van der Waals surface area contributed by atoms with Gasteiger partial charge in [0.2, 0.25) is 15.9 Å².